The second kappa shape index (κ2) is 6.68. The van der Waals surface area contributed by atoms with Gasteiger partial charge in [0.15, 0.2) is 0 Å². The lowest BCUT2D eigenvalue weighted by molar-refractivity contribution is 0.577. The van der Waals surface area contributed by atoms with Gasteiger partial charge in [-0.2, -0.15) is 4.98 Å². The molecule has 0 saturated heterocycles. The Balaban J connectivity index is 1.72. The van der Waals surface area contributed by atoms with Gasteiger partial charge in [0.2, 0.25) is 5.95 Å². The summed E-state index contributed by atoms with van der Waals surface area (Å²) < 4.78 is 28.6. The summed E-state index contributed by atoms with van der Waals surface area (Å²) >= 11 is 0. The van der Waals surface area contributed by atoms with E-state index in [4.69, 9.17) is 0 Å². The van der Waals surface area contributed by atoms with Gasteiger partial charge >= 0.3 is 0 Å². The predicted octanol–water partition coefficient (Wildman–Crippen LogP) is 4.10. The summed E-state index contributed by atoms with van der Waals surface area (Å²) in [5.41, 5.74) is 2.82. The van der Waals surface area contributed by atoms with Crippen molar-refractivity contribution in [1.29, 1.82) is 0 Å². The highest BCUT2D eigenvalue weighted by Gasteiger charge is 2.10. The van der Waals surface area contributed by atoms with E-state index in [-0.39, 0.29) is 6.54 Å². The molecule has 2 N–H and O–H groups in total. The minimum atomic E-state index is -0.651. The Morgan fingerprint density at radius 2 is 1.89 bits per heavy atom. The zero-order valence-corrected chi connectivity index (χ0v) is 14.5. The lowest BCUT2D eigenvalue weighted by atomic mass is 10.1. The van der Waals surface area contributed by atoms with Crippen molar-refractivity contribution in [3.8, 4) is 0 Å². The van der Waals surface area contributed by atoms with Crippen LogP contribution in [0.15, 0.2) is 59.7 Å². The van der Waals surface area contributed by atoms with Crippen molar-refractivity contribution in [2.45, 2.75) is 13.5 Å². The van der Waals surface area contributed by atoms with Gasteiger partial charge in [0, 0.05) is 41.1 Å². The lowest BCUT2D eigenvalue weighted by Crippen LogP contribution is -2.16. The number of benzene rings is 2. The summed E-state index contributed by atoms with van der Waals surface area (Å²) in [6, 6.07) is 10.4. The summed E-state index contributed by atoms with van der Waals surface area (Å²) in [5, 5.41) is 4.22. The standard InChI is InChI=1S/C20H16F2N4O/c1-12-16-4-6-23-18(16)3-2-17(12)24-20-25-19(27)5-7-26(20)11-13-8-14(21)10-15(22)9-13/h2-10,23H,11H2,1H3,(H,24,25,27). The van der Waals surface area contributed by atoms with Crippen LogP contribution in [-0.4, -0.2) is 14.5 Å². The fourth-order valence-corrected chi connectivity index (χ4v) is 3.10. The van der Waals surface area contributed by atoms with Gasteiger partial charge in [-0.1, -0.05) is 0 Å². The lowest BCUT2D eigenvalue weighted by Gasteiger charge is -2.15. The number of fused-ring (bicyclic) bond motifs is 1. The third-order valence-electron chi connectivity index (χ3n) is 4.41. The Morgan fingerprint density at radius 1 is 1.11 bits per heavy atom. The molecule has 0 aliphatic heterocycles. The Hall–Kier alpha value is -3.48. The molecule has 2 heterocycles. The van der Waals surface area contributed by atoms with Crippen LogP contribution in [-0.2, 0) is 6.54 Å². The van der Waals surface area contributed by atoms with Crippen LogP contribution in [0.25, 0.3) is 10.9 Å². The van der Waals surface area contributed by atoms with Crippen molar-refractivity contribution < 1.29 is 8.78 Å². The van der Waals surface area contributed by atoms with Gasteiger partial charge in [0.05, 0.1) is 6.54 Å². The molecule has 0 aliphatic carbocycles. The number of aromatic nitrogens is 3. The third kappa shape index (κ3) is 3.44. The number of nitrogens with zero attached hydrogens (tertiary/aromatic N) is 2. The van der Waals surface area contributed by atoms with Crippen molar-refractivity contribution in [2.24, 2.45) is 0 Å². The Morgan fingerprint density at radius 3 is 2.67 bits per heavy atom. The average Bonchev–Trinajstić information content (AvgIpc) is 3.08. The van der Waals surface area contributed by atoms with E-state index in [0.717, 1.165) is 28.2 Å². The first-order valence-corrected chi connectivity index (χ1v) is 8.36. The molecule has 2 aromatic carbocycles. The van der Waals surface area contributed by atoms with E-state index in [1.165, 1.54) is 18.2 Å². The van der Waals surface area contributed by atoms with Gasteiger partial charge in [-0.15, -0.1) is 0 Å². The molecule has 27 heavy (non-hydrogen) atoms. The molecule has 0 bridgehead atoms. The number of rotatable bonds is 4. The average molecular weight is 366 g/mol. The SMILES string of the molecule is Cc1c(Nc2nc(=O)ccn2Cc2cc(F)cc(F)c2)ccc2[nH]ccc12. The molecule has 0 spiro atoms. The molecule has 0 radical (unpaired) electrons. The van der Waals surface area contributed by atoms with Gasteiger partial charge in [0.1, 0.15) is 11.6 Å². The number of aryl methyl sites for hydroxylation is 1. The number of aromatic amines is 1. The molecule has 136 valence electrons. The highest BCUT2D eigenvalue weighted by molar-refractivity contribution is 5.88. The van der Waals surface area contributed by atoms with Gasteiger partial charge in [-0.05, 0) is 48.4 Å². The minimum Gasteiger partial charge on any atom is -0.361 e. The molecule has 0 fully saturated rings. The number of nitrogens with one attached hydrogen (secondary N) is 2. The van der Waals surface area contributed by atoms with Crippen molar-refractivity contribution >= 4 is 22.5 Å². The summed E-state index contributed by atoms with van der Waals surface area (Å²) in [7, 11) is 0. The number of hydrogen-bond donors (Lipinski definition) is 2. The molecule has 0 aliphatic rings. The second-order valence-electron chi connectivity index (χ2n) is 6.30. The topological polar surface area (TPSA) is 62.7 Å². The highest BCUT2D eigenvalue weighted by Crippen LogP contribution is 2.26. The molecule has 2 aromatic heterocycles. The Bertz CT molecular complexity index is 1180. The third-order valence-corrected chi connectivity index (χ3v) is 4.41. The summed E-state index contributed by atoms with van der Waals surface area (Å²) in [5.74, 6) is -1.00. The van der Waals surface area contributed by atoms with E-state index in [0.29, 0.717) is 11.5 Å². The van der Waals surface area contributed by atoms with Gasteiger partial charge in [-0.3, -0.25) is 4.79 Å². The molecular weight excluding hydrogens is 350 g/mol. The molecule has 0 unspecified atom stereocenters. The van der Waals surface area contributed by atoms with E-state index < -0.39 is 17.2 Å². The number of halogens is 2. The quantitative estimate of drug-likeness (QED) is 0.572. The van der Waals surface area contributed by atoms with Gasteiger partial charge < -0.3 is 14.9 Å². The predicted molar refractivity (Wildman–Crippen MR) is 100 cm³/mol. The first kappa shape index (κ1) is 17.0. The maximum Gasteiger partial charge on any atom is 0.274 e. The summed E-state index contributed by atoms with van der Waals surface area (Å²) in [6.07, 6.45) is 3.40. The van der Waals surface area contributed by atoms with Crippen LogP contribution in [0.2, 0.25) is 0 Å². The minimum absolute atomic E-state index is 0.162. The van der Waals surface area contributed by atoms with Crippen LogP contribution in [0.3, 0.4) is 0 Å². The number of anilines is 2. The molecule has 0 atom stereocenters. The monoisotopic (exact) mass is 366 g/mol. The van der Waals surface area contributed by atoms with Crippen molar-refractivity contribution in [3.05, 3.63) is 88.0 Å². The first-order valence-electron chi connectivity index (χ1n) is 8.36. The van der Waals surface area contributed by atoms with Crippen molar-refractivity contribution in [2.75, 3.05) is 5.32 Å². The number of H-pyrrole nitrogens is 1. The van der Waals surface area contributed by atoms with Crippen LogP contribution >= 0.6 is 0 Å². The van der Waals surface area contributed by atoms with E-state index in [1.54, 1.807) is 10.8 Å². The Kier molecular flexibility index (Phi) is 4.19. The fraction of sp³-hybridized carbons (Fsp3) is 0.100. The zero-order valence-electron chi connectivity index (χ0n) is 14.5. The molecule has 0 amide bonds. The normalized spacial score (nSPS) is 11.1. The molecule has 0 saturated carbocycles. The smallest absolute Gasteiger partial charge is 0.274 e. The number of hydrogen-bond acceptors (Lipinski definition) is 3. The first-order chi connectivity index (χ1) is 13.0. The second-order valence-corrected chi connectivity index (χ2v) is 6.30. The molecule has 5 nitrogen and oxygen atoms in total. The zero-order chi connectivity index (χ0) is 19.0. The van der Waals surface area contributed by atoms with Crippen LogP contribution < -0.4 is 10.9 Å². The largest absolute Gasteiger partial charge is 0.361 e. The molecule has 4 aromatic rings. The Labute approximate surface area is 153 Å². The summed E-state index contributed by atoms with van der Waals surface area (Å²) in [6.45, 7) is 2.13. The molecular formula is C20H16F2N4O. The van der Waals surface area contributed by atoms with Gasteiger partial charge in [0.25, 0.3) is 5.56 Å². The fourth-order valence-electron chi connectivity index (χ4n) is 3.10. The highest BCUT2D eigenvalue weighted by atomic mass is 19.1. The summed E-state index contributed by atoms with van der Waals surface area (Å²) in [4.78, 5) is 18.9. The van der Waals surface area contributed by atoms with E-state index >= 15 is 0 Å². The van der Waals surface area contributed by atoms with Crippen LogP contribution in [0.5, 0.6) is 0 Å². The van der Waals surface area contributed by atoms with Crippen LogP contribution in [0, 0.1) is 18.6 Å². The van der Waals surface area contributed by atoms with E-state index in [1.807, 2.05) is 31.3 Å². The van der Waals surface area contributed by atoms with Crippen LogP contribution in [0.4, 0.5) is 20.4 Å². The molecule has 4 rings (SSSR count). The maximum absolute atomic E-state index is 13.5. The van der Waals surface area contributed by atoms with Crippen molar-refractivity contribution in [1.82, 2.24) is 14.5 Å². The molecule has 7 heteroatoms. The van der Waals surface area contributed by atoms with Crippen molar-refractivity contribution in [3.63, 3.8) is 0 Å². The maximum atomic E-state index is 13.5. The van der Waals surface area contributed by atoms with E-state index in [2.05, 4.69) is 15.3 Å². The van der Waals surface area contributed by atoms with Gasteiger partial charge in [-0.25, -0.2) is 8.78 Å². The van der Waals surface area contributed by atoms with Crippen LogP contribution in [0.1, 0.15) is 11.1 Å². The van der Waals surface area contributed by atoms with E-state index in [9.17, 15) is 13.6 Å².